The topological polar surface area (TPSA) is 121 Å². The summed E-state index contributed by atoms with van der Waals surface area (Å²) in [6.45, 7) is 3.09. The predicted octanol–water partition coefficient (Wildman–Crippen LogP) is 6.08. The number of carbonyl (C=O) groups excluding carboxylic acids is 1. The Bertz CT molecular complexity index is 1830. The Balaban J connectivity index is 1.35. The van der Waals surface area contributed by atoms with Crippen molar-refractivity contribution in [2.75, 3.05) is 33.9 Å². The van der Waals surface area contributed by atoms with Crippen molar-refractivity contribution in [1.29, 1.82) is 0 Å². The van der Waals surface area contributed by atoms with Crippen LogP contribution in [-0.2, 0) is 22.5 Å². The third-order valence-corrected chi connectivity index (χ3v) is 10.4. The number of hydrogen-bond acceptors (Lipinski definition) is 8. The molecule has 0 radical (unpaired) electrons. The minimum atomic E-state index is -1.10. The summed E-state index contributed by atoms with van der Waals surface area (Å²) in [6.07, 6.45) is 4.76. The number of carboxylic acids is 1. The molecule has 3 fully saturated rings. The van der Waals surface area contributed by atoms with E-state index in [9.17, 15) is 19.9 Å². The number of hydrogen-bond donors (Lipinski definition) is 3. The van der Waals surface area contributed by atoms with Gasteiger partial charge in [-0.15, -0.1) is 0 Å². The number of halogens is 2. The third kappa shape index (κ3) is 7.84. The number of nitrogens with one attached hydrogen (secondary N) is 1. The molecule has 0 saturated carbocycles. The van der Waals surface area contributed by atoms with Gasteiger partial charge in [0.25, 0.3) is 0 Å². The van der Waals surface area contributed by atoms with Crippen molar-refractivity contribution in [2.45, 2.75) is 43.9 Å². The lowest BCUT2D eigenvalue weighted by Gasteiger charge is -2.44. The van der Waals surface area contributed by atoms with Crippen LogP contribution in [0.3, 0.4) is 0 Å². The zero-order valence-corrected chi connectivity index (χ0v) is 29.4. The van der Waals surface area contributed by atoms with Crippen molar-refractivity contribution in [3.63, 3.8) is 0 Å². The Labute approximate surface area is 301 Å². The molecule has 0 amide bonds. The summed E-state index contributed by atoms with van der Waals surface area (Å²) in [7, 11) is 3.07. The van der Waals surface area contributed by atoms with Gasteiger partial charge < -0.3 is 19.3 Å². The van der Waals surface area contributed by atoms with Gasteiger partial charge in [0.2, 0.25) is 12.4 Å². The summed E-state index contributed by atoms with van der Waals surface area (Å²) < 4.78 is 18.0. The van der Waals surface area contributed by atoms with Gasteiger partial charge in [-0.05, 0) is 78.7 Å². The number of nitrogens with zero attached hydrogens (tertiary/aromatic N) is 2. The number of esters is 1. The van der Waals surface area contributed by atoms with Crippen molar-refractivity contribution < 1.29 is 38.8 Å². The van der Waals surface area contributed by atoms with Gasteiger partial charge in [0.05, 0.1) is 19.8 Å². The molecule has 4 aromatic rings. The Hall–Kier alpha value is -4.35. The monoisotopic (exact) mass is 720 g/mol. The number of carboxylic acid groups (broad SMARTS) is 1. The van der Waals surface area contributed by atoms with E-state index in [4.69, 9.17) is 37.4 Å². The van der Waals surface area contributed by atoms with Gasteiger partial charge in [-0.1, -0.05) is 71.7 Å². The first-order chi connectivity index (χ1) is 24.1. The maximum absolute atomic E-state index is 13.8. The Morgan fingerprint density at radius 2 is 1.64 bits per heavy atom. The van der Waals surface area contributed by atoms with Crippen LogP contribution in [0.4, 0.5) is 0 Å². The van der Waals surface area contributed by atoms with Gasteiger partial charge in [-0.25, -0.2) is 9.59 Å². The highest BCUT2D eigenvalue weighted by molar-refractivity contribution is 6.35. The molecule has 50 heavy (non-hydrogen) atoms. The number of benzene rings is 3. The number of fused-ring (bicyclic) bond motifs is 3. The van der Waals surface area contributed by atoms with E-state index in [1.807, 2.05) is 42.5 Å². The summed E-state index contributed by atoms with van der Waals surface area (Å²) in [4.78, 5) is 28.8. The average molecular weight is 722 g/mol. The highest BCUT2D eigenvalue weighted by atomic mass is 35.5. The number of aromatic carboxylic acids is 1. The largest absolute Gasteiger partial charge is 0.493 e. The molecule has 10 nitrogen and oxygen atoms in total. The van der Waals surface area contributed by atoms with Crippen molar-refractivity contribution in [3.8, 4) is 11.5 Å². The number of rotatable bonds is 13. The number of aromatic nitrogens is 1. The summed E-state index contributed by atoms with van der Waals surface area (Å²) in [5.41, 5.74) is 3.38. The quantitative estimate of drug-likeness (QED) is 0.0858. The molecule has 2 bridgehead atoms. The van der Waals surface area contributed by atoms with Crippen LogP contribution in [0.5, 0.6) is 11.5 Å². The molecular formula is C38H40Cl2N3O7+. The highest BCUT2D eigenvalue weighted by Gasteiger charge is 2.38. The standard InChI is InChI=1S/C38H39Cl2N3O7/c1-48-33-11-9-26(17-34(33)49-2)28(18-30-31(39)20-43(47)21-32(30)40)29-16-23(8-10-27(29)37(44)45)19-41-36(25-6-4-3-5-7-25)38(46)50-35-22-42-14-12-24(35)13-15-42/h3-11,16-17,20-21,24,28,35-36,41H,12-15,18-19,22H2,1-2H3,(H-,44,45,47)/p+1/t28-,35-,36?/m0/s1. The second kappa shape index (κ2) is 15.7. The van der Waals surface area contributed by atoms with Crippen molar-refractivity contribution in [1.82, 2.24) is 10.2 Å². The van der Waals surface area contributed by atoms with Crippen LogP contribution in [-0.4, -0.2) is 67.1 Å². The summed E-state index contributed by atoms with van der Waals surface area (Å²) in [6, 6.07) is 19.3. The number of pyridine rings is 1. The number of ether oxygens (including phenoxy) is 3. The predicted molar refractivity (Wildman–Crippen MR) is 187 cm³/mol. The third-order valence-electron chi connectivity index (χ3n) is 9.75. The smallest absolute Gasteiger partial charge is 0.335 e. The maximum atomic E-state index is 13.8. The minimum Gasteiger partial charge on any atom is -0.493 e. The fourth-order valence-corrected chi connectivity index (χ4v) is 7.69. The molecule has 1 aromatic heterocycles. The van der Waals surface area contributed by atoms with E-state index in [0.717, 1.165) is 53.9 Å². The summed E-state index contributed by atoms with van der Waals surface area (Å²) in [5, 5.41) is 24.2. The molecule has 3 aromatic carbocycles. The Morgan fingerprint density at radius 1 is 0.940 bits per heavy atom. The Morgan fingerprint density at radius 3 is 2.26 bits per heavy atom. The van der Waals surface area contributed by atoms with E-state index < -0.39 is 17.9 Å². The molecule has 3 N–H and O–H groups in total. The van der Waals surface area contributed by atoms with Gasteiger partial charge >= 0.3 is 11.9 Å². The lowest BCUT2D eigenvalue weighted by atomic mass is 9.82. The molecule has 12 heteroatoms. The highest BCUT2D eigenvalue weighted by Crippen LogP contribution is 2.39. The van der Waals surface area contributed by atoms with Crippen LogP contribution in [0.1, 0.15) is 63.0 Å². The fourth-order valence-electron chi connectivity index (χ4n) is 7.08. The first-order valence-corrected chi connectivity index (χ1v) is 17.3. The lowest BCUT2D eigenvalue weighted by molar-refractivity contribution is -0.904. The van der Waals surface area contributed by atoms with Crippen LogP contribution >= 0.6 is 23.2 Å². The number of carbonyl (C=O) groups is 2. The zero-order chi connectivity index (χ0) is 35.4. The molecule has 0 aliphatic carbocycles. The van der Waals surface area contributed by atoms with Gasteiger partial charge in [0.15, 0.2) is 11.5 Å². The summed E-state index contributed by atoms with van der Waals surface area (Å²) >= 11 is 13.1. The van der Waals surface area contributed by atoms with Crippen LogP contribution in [0.2, 0.25) is 10.0 Å². The maximum Gasteiger partial charge on any atom is 0.335 e. The van der Waals surface area contributed by atoms with Crippen LogP contribution in [0, 0.1) is 5.92 Å². The normalized spacial score (nSPS) is 19.4. The molecule has 1 unspecified atom stereocenters. The molecule has 7 rings (SSSR count). The van der Waals surface area contributed by atoms with E-state index in [2.05, 4.69) is 10.2 Å². The van der Waals surface area contributed by atoms with E-state index in [0.29, 0.717) is 28.5 Å². The first kappa shape index (κ1) is 35.5. The first-order valence-electron chi connectivity index (χ1n) is 16.5. The van der Waals surface area contributed by atoms with E-state index in [1.54, 1.807) is 24.3 Å². The van der Waals surface area contributed by atoms with E-state index in [1.165, 1.54) is 26.6 Å². The average Bonchev–Trinajstić information content (AvgIpc) is 3.12. The minimum absolute atomic E-state index is 0.0929. The SMILES string of the molecule is COc1ccc([C@H](Cc2c(Cl)c[n+](O)cc2Cl)c2cc(CNC(C(=O)O[C@H]3CN4CCC3CC4)c3ccccc3)ccc2C(=O)O)cc1OC. The van der Waals surface area contributed by atoms with Gasteiger partial charge in [0, 0.05) is 29.3 Å². The van der Waals surface area contributed by atoms with Crippen molar-refractivity contribution in [2.24, 2.45) is 5.92 Å². The Kier molecular flexibility index (Phi) is 11.1. The lowest BCUT2D eigenvalue weighted by Crippen LogP contribution is -2.52. The molecule has 3 aliphatic rings. The molecule has 3 atom stereocenters. The van der Waals surface area contributed by atoms with Crippen LogP contribution in [0.15, 0.2) is 79.1 Å². The molecular weight excluding hydrogens is 681 g/mol. The van der Waals surface area contributed by atoms with Crippen LogP contribution in [0.25, 0.3) is 0 Å². The van der Waals surface area contributed by atoms with Crippen molar-refractivity contribution >= 4 is 35.1 Å². The van der Waals surface area contributed by atoms with Crippen molar-refractivity contribution in [3.05, 3.63) is 123 Å². The van der Waals surface area contributed by atoms with Gasteiger partial charge in [-0.2, -0.15) is 0 Å². The fraction of sp³-hybridized carbons (Fsp3) is 0.342. The summed E-state index contributed by atoms with van der Waals surface area (Å²) in [5.74, 6) is -0.663. The second-order valence-corrected chi connectivity index (χ2v) is 13.6. The second-order valence-electron chi connectivity index (χ2n) is 12.7. The zero-order valence-electron chi connectivity index (χ0n) is 27.9. The van der Waals surface area contributed by atoms with E-state index >= 15 is 0 Å². The van der Waals surface area contributed by atoms with Crippen LogP contribution < -0.4 is 19.5 Å². The molecule has 262 valence electrons. The molecule has 0 spiro atoms. The molecule has 3 aliphatic heterocycles. The number of methoxy groups -OCH3 is 2. The molecule has 3 saturated heterocycles. The van der Waals surface area contributed by atoms with Gasteiger partial charge in [-0.3, -0.25) is 15.4 Å². The number of piperidine rings is 3. The van der Waals surface area contributed by atoms with Gasteiger partial charge in [0.1, 0.15) is 22.2 Å². The van der Waals surface area contributed by atoms with E-state index in [-0.39, 0.29) is 40.6 Å². The molecule has 4 heterocycles.